The van der Waals surface area contributed by atoms with E-state index in [-0.39, 0.29) is 0 Å². The Morgan fingerprint density at radius 3 is 2.44 bits per heavy atom. The molecule has 0 heterocycles. The molecule has 1 fully saturated rings. The molecular formula is C7H15NO. The fraction of sp³-hybridized carbons (Fsp3) is 1.00. The Labute approximate surface area is 56.1 Å². The van der Waals surface area contributed by atoms with Crippen LogP contribution in [0.15, 0.2) is 0 Å². The lowest BCUT2D eigenvalue weighted by Crippen LogP contribution is -2.21. The standard InChI is InChI=1S/C7H15NO/c8-7(9)5-6-3-1-2-4-6/h6-7,9H,1-5,8H2. The monoisotopic (exact) mass is 129 g/mol. The van der Waals surface area contributed by atoms with Crippen LogP contribution in [0.2, 0.25) is 0 Å². The predicted molar refractivity (Wildman–Crippen MR) is 36.8 cm³/mol. The van der Waals surface area contributed by atoms with Gasteiger partial charge in [0.2, 0.25) is 0 Å². The zero-order valence-electron chi connectivity index (χ0n) is 5.71. The highest BCUT2D eigenvalue weighted by molar-refractivity contribution is 4.68. The lowest BCUT2D eigenvalue weighted by Gasteiger charge is -2.09. The maximum atomic E-state index is 8.79. The van der Waals surface area contributed by atoms with Crippen LogP contribution >= 0.6 is 0 Å². The van der Waals surface area contributed by atoms with E-state index in [0.29, 0.717) is 5.92 Å². The summed E-state index contributed by atoms with van der Waals surface area (Å²) in [5.74, 6) is 0.713. The largest absolute Gasteiger partial charge is 0.379 e. The Hall–Kier alpha value is -0.0800. The van der Waals surface area contributed by atoms with Gasteiger partial charge in [-0.15, -0.1) is 0 Å². The quantitative estimate of drug-likeness (QED) is 0.543. The summed E-state index contributed by atoms with van der Waals surface area (Å²) in [6, 6.07) is 0. The minimum absolute atomic E-state index is 0.576. The third kappa shape index (κ3) is 2.33. The molecule has 0 aliphatic heterocycles. The van der Waals surface area contributed by atoms with Crippen molar-refractivity contribution in [3.63, 3.8) is 0 Å². The molecule has 2 nitrogen and oxygen atoms in total. The Bertz CT molecular complexity index is 77.0. The number of rotatable bonds is 2. The van der Waals surface area contributed by atoms with Crippen LogP contribution < -0.4 is 5.73 Å². The van der Waals surface area contributed by atoms with Crippen molar-refractivity contribution >= 4 is 0 Å². The molecule has 0 aromatic rings. The van der Waals surface area contributed by atoms with Gasteiger partial charge in [-0.25, -0.2) is 0 Å². The van der Waals surface area contributed by atoms with E-state index in [4.69, 9.17) is 10.8 Å². The molecule has 0 aromatic carbocycles. The van der Waals surface area contributed by atoms with Crippen molar-refractivity contribution in [3.8, 4) is 0 Å². The maximum absolute atomic E-state index is 8.79. The van der Waals surface area contributed by atoms with Crippen molar-refractivity contribution in [1.82, 2.24) is 0 Å². The van der Waals surface area contributed by atoms with Crippen LogP contribution in [0.1, 0.15) is 32.1 Å². The first-order valence-electron chi connectivity index (χ1n) is 3.72. The van der Waals surface area contributed by atoms with Gasteiger partial charge in [-0.3, -0.25) is 0 Å². The van der Waals surface area contributed by atoms with E-state index in [2.05, 4.69) is 0 Å². The van der Waals surface area contributed by atoms with Crippen molar-refractivity contribution in [2.45, 2.75) is 38.3 Å². The Balaban J connectivity index is 2.11. The number of aliphatic hydroxyl groups is 1. The highest BCUT2D eigenvalue weighted by Gasteiger charge is 2.16. The van der Waals surface area contributed by atoms with Gasteiger partial charge in [-0.1, -0.05) is 25.7 Å². The summed E-state index contributed by atoms with van der Waals surface area (Å²) in [5.41, 5.74) is 5.23. The molecule has 1 saturated carbocycles. The summed E-state index contributed by atoms with van der Waals surface area (Å²) < 4.78 is 0. The van der Waals surface area contributed by atoms with Gasteiger partial charge in [0.15, 0.2) is 0 Å². The molecule has 9 heavy (non-hydrogen) atoms. The molecular weight excluding hydrogens is 114 g/mol. The zero-order valence-corrected chi connectivity index (χ0v) is 5.71. The molecule has 0 spiro atoms. The smallest absolute Gasteiger partial charge is 0.102 e. The minimum atomic E-state index is -0.576. The Kier molecular flexibility index (Phi) is 2.49. The lowest BCUT2D eigenvalue weighted by atomic mass is 10.0. The first kappa shape index (κ1) is 7.03. The molecule has 1 aliphatic rings. The Morgan fingerprint density at radius 2 is 2.00 bits per heavy atom. The van der Waals surface area contributed by atoms with Crippen LogP contribution in [0, 0.1) is 5.92 Å². The summed E-state index contributed by atoms with van der Waals surface area (Å²) in [6.07, 6.45) is 5.44. The van der Waals surface area contributed by atoms with Gasteiger partial charge < -0.3 is 10.8 Å². The van der Waals surface area contributed by atoms with E-state index in [1.54, 1.807) is 0 Å². The van der Waals surface area contributed by atoms with Gasteiger partial charge in [-0.05, 0) is 12.3 Å². The first-order chi connectivity index (χ1) is 4.29. The van der Waals surface area contributed by atoms with Crippen LogP contribution in [0.5, 0.6) is 0 Å². The van der Waals surface area contributed by atoms with Crippen LogP contribution in [0.25, 0.3) is 0 Å². The Morgan fingerprint density at radius 1 is 1.44 bits per heavy atom. The summed E-state index contributed by atoms with van der Waals surface area (Å²) in [6.45, 7) is 0. The molecule has 1 atom stereocenters. The molecule has 0 amide bonds. The maximum Gasteiger partial charge on any atom is 0.102 e. The first-order valence-corrected chi connectivity index (χ1v) is 3.72. The molecule has 0 aromatic heterocycles. The second-order valence-electron chi connectivity index (χ2n) is 2.95. The van der Waals surface area contributed by atoms with Gasteiger partial charge in [0.1, 0.15) is 6.23 Å². The van der Waals surface area contributed by atoms with Crippen molar-refractivity contribution in [2.75, 3.05) is 0 Å². The van der Waals surface area contributed by atoms with Crippen LogP contribution in [0.3, 0.4) is 0 Å². The molecule has 0 radical (unpaired) electrons. The van der Waals surface area contributed by atoms with E-state index >= 15 is 0 Å². The van der Waals surface area contributed by atoms with E-state index in [0.717, 1.165) is 6.42 Å². The highest BCUT2D eigenvalue weighted by Crippen LogP contribution is 2.27. The lowest BCUT2D eigenvalue weighted by molar-refractivity contribution is 0.150. The summed E-state index contributed by atoms with van der Waals surface area (Å²) in [7, 11) is 0. The minimum Gasteiger partial charge on any atom is -0.379 e. The van der Waals surface area contributed by atoms with Gasteiger partial charge in [0.05, 0.1) is 0 Å². The van der Waals surface area contributed by atoms with Gasteiger partial charge in [0, 0.05) is 0 Å². The molecule has 54 valence electrons. The van der Waals surface area contributed by atoms with E-state index in [1.807, 2.05) is 0 Å². The fourth-order valence-corrected chi connectivity index (χ4v) is 1.59. The average molecular weight is 129 g/mol. The summed E-state index contributed by atoms with van der Waals surface area (Å²) in [4.78, 5) is 0. The highest BCUT2D eigenvalue weighted by atomic mass is 16.3. The number of hydrogen-bond acceptors (Lipinski definition) is 2. The molecule has 1 rings (SSSR count). The van der Waals surface area contributed by atoms with E-state index in [1.165, 1.54) is 25.7 Å². The van der Waals surface area contributed by atoms with Crippen LogP contribution in [0.4, 0.5) is 0 Å². The second kappa shape index (κ2) is 3.18. The van der Waals surface area contributed by atoms with Gasteiger partial charge in [-0.2, -0.15) is 0 Å². The van der Waals surface area contributed by atoms with Crippen molar-refractivity contribution in [1.29, 1.82) is 0 Å². The second-order valence-corrected chi connectivity index (χ2v) is 2.95. The molecule has 1 aliphatic carbocycles. The van der Waals surface area contributed by atoms with Gasteiger partial charge >= 0.3 is 0 Å². The summed E-state index contributed by atoms with van der Waals surface area (Å²) >= 11 is 0. The van der Waals surface area contributed by atoms with Crippen molar-refractivity contribution in [2.24, 2.45) is 11.7 Å². The van der Waals surface area contributed by atoms with Gasteiger partial charge in [0.25, 0.3) is 0 Å². The third-order valence-electron chi connectivity index (χ3n) is 2.05. The van der Waals surface area contributed by atoms with Crippen molar-refractivity contribution in [3.05, 3.63) is 0 Å². The molecule has 2 heteroatoms. The average Bonchev–Trinajstić information content (AvgIpc) is 2.15. The van der Waals surface area contributed by atoms with Crippen LogP contribution in [-0.2, 0) is 0 Å². The SMILES string of the molecule is NC(O)CC1CCCC1. The summed E-state index contributed by atoms with van der Waals surface area (Å²) in [5, 5.41) is 8.79. The third-order valence-corrected chi connectivity index (χ3v) is 2.05. The number of nitrogens with two attached hydrogens (primary N) is 1. The molecule has 0 bridgehead atoms. The van der Waals surface area contributed by atoms with Crippen LogP contribution in [-0.4, -0.2) is 11.3 Å². The number of aliphatic hydroxyl groups excluding tert-OH is 1. The molecule has 3 N–H and O–H groups in total. The molecule has 1 unspecified atom stereocenters. The van der Waals surface area contributed by atoms with E-state index < -0.39 is 6.23 Å². The normalized spacial score (nSPS) is 24.7. The predicted octanol–water partition coefficient (Wildman–Crippen LogP) is 0.844. The zero-order chi connectivity index (χ0) is 6.69. The molecule has 0 saturated heterocycles. The topological polar surface area (TPSA) is 46.2 Å². The van der Waals surface area contributed by atoms with Crippen molar-refractivity contribution < 1.29 is 5.11 Å². The fourth-order valence-electron chi connectivity index (χ4n) is 1.59. The van der Waals surface area contributed by atoms with E-state index in [9.17, 15) is 0 Å². The number of hydrogen-bond donors (Lipinski definition) is 2.